The molecule has 0 aliphatic rings. The molecule has 0 saturated heterocycles. The number of hydrogen-bond donors (Lipinski definition) is 1. The van der Waals surface area contributed by atoms with Crippen LogP contribution in [0.3, 0.4) is 0 Å². The normalized spacial score (nSPS) is 11.5. The first-order chi connectivity index (χ1) is 12.2. The average molecular weight is 333 g/mol. The van der Waals surface area contributed by atoms with E-state index in [9.17, 15) is 4.79 Å². The van der Waals surface area contributed by atoms with Crippen LogP contribution in [0.1, 0.15) is 28.9 Å². The number of amides is 1. The molecule has 3 aromatic rings. The maximum atomic E-state index is 12.2. The number of rotatable bonds is 5. The van der Waals surface area contributed by atoms with E-state index in [-0.39, 0.29) is 17.6 Å². The second-order valence-electron chi connectivity index (χ2n) is 5.50. The van der Waals surface area contributed by atoms with Crippen LogP contribution in [0.5, 0.6) is 0 Å². The molecular weight excluding hydrogens is 318 g/mol. The Morgan fingerprint density at radius 3 is 2.88 bits per heavy atom. The summed E-state index contributed by atoms with van der Waals surface area (Å²) in [5.41, 5.74) is 1.45. The molecule has 1 unspecified atom stereocenters. The zero-order valence-corrected chi connectivity index (χ0v) is 13.5. The third-order valence-electron chi connectivity index (χ3n) is 3.50. The Hall–Kier alpha value is -3.53. The van der Waals surface area contributed by atoms with Crippen molar-refractivity contribution in [1.82, 2.24) is 20.4 Å². The number of pyridine rings is 1. The number of aromatic nitrogens is 3. The van der Waals surface area contributed by atoms with Gasteiger partial charge >= 0.3 is 0 Å². The van der Waals surface area contributed by atoms with Crippen molar-refractivity contribution in [3.05, 3.63) is 65.8 Å². The quantitative estimate of drug-likeness (QED) is 0.768. The molecule has 0 bridgehead atoms. The summed E-state index contributed by atoms with van der Waals surface area (Å²) in [6, 6.07) is 14.2. The number of benzene rings is 1. The van der Waals surface area contributed by atoms with Crippen LogP contribution in [0.25, 0.3) is 11.4 Å². The fourth-order valence-electron chi connectivity index (χ4n) is 2.30. The van der Waals surface area contributed by atoms with Crippen molar-refractivity contribution >= 4 is 5.91 Å². The molecule has 3 rings (SSSR count). The number of carbonyl (C=O) groups excluding carboxylic acids is 1. The third-order valence-corrected chi connectivity index (χ3v) is 3.50. The number of nitrogens with one attached hydrogen (secondary N) is 1. The van der Waals surface area contributed by atoms with Crippen molar-refractivity contribution in [2.75, 3.05) is 0 Å². The summed E-state index contributed by atoms with van der Waals surface area (Å²) in [6.07, 6.45) is 1.84. The summed E-state index contributed by atoms with van der Waals surface area (Å²) in [5, 5.41) is 15.6. The second kappa shape index (κ2) is 7.36. The number of nitriles is 1. The zero-order chi connectivity index (χ0) is 17.6. The summed E-state index contributed by atoms with van der Waals surface area (Å²) >= 11 is 0. The first-order valence-corrected chi connectivity index (χ1v) is 7.70. The minimum absolute atomic E-state index is 0.199. The van der Waals surface area contributed by atoms with E-state index in [1.807, 2.05) is 43.3 Å². The van der Waals surface area contributed by atoms with E-state index >= 15 is 0 Å². The fraction of sp³-hybridized carbons (Fsp3) is 0.167. The lowest BCUT2D eigenvalue weighted by molar-refractivity contribution is 0.0938. The van der Waals surface area contributed by atoms with Crippen LogP contribution in [0.2, 0.25) is 0 Å². The Bertz CT molecular complexity index is 914. The highest BCUT2D eigenvalue weighted by Crippen LogP contribution is 2.15. The van der Waals surface area contributed by atoms with Crippen LogP contribution in [0.4, 0.5) is 0 Å². The SMILES string of the molecule is CC(Cc1nc(-c2ccccc2)no1)NC(=O)c1ccnc(C#N)c1. The standard InChI is InChI=1S/C18H15N5O2/c1-12(21-18(24)14-7-8-20-15(10-14)11-19)9-16-22-17(23-25-16)13-5-3-2-4-6-13/h2-8,10,12H,9H2,1H3,(H,21,24). The summed E-state index contributed by atoms with van der Waals surface area (Å²) in [6.45, 7) is 1.84. The Morgan fingerprint density at radius 2 is 2.12 bits per heavy atom. The van der Waals surface area contributed by atoms with Crippen molar-refractivity contribution in [1.29, 1.82) is 5.26 Å². The molecule has 1 amide bonds. The van der Waals surface area contributed by atoms with Crippen LogP contribution in [-0.2, 0) is 6.42 Å². The van der Waals surface area contributed by atoms with Gasteiger partial charge in [0.2, 0.25) is 11.7 Å². The monoisotopic (exact) mass is 333 g/mol. The molecule has 1 atom stereocenters. The Morgan fingerprint density at radius 1 is 1.32 bits per heavy atom. The van der Waals surface area contributed by atoms with Crippen LogP contribution in [-0.4, -0.2) is 27.1 Å². The van der Waals surface area contributed by atoms with Gasteiger partial charge in [-0.2, -0.15) is 10.2 Å². The Balaban J connectivity index is 1.63. The van der Waals surface area contributed by atoms with Gasteiger partial charge in [-0.15, -0.1) is 0 Å². The minimum Gasteiger partial charge on any atom is -0.349 e. The highest BCUT2D eigenvalue weighted by atomic mass is 16.5. The van der Waals surface area contributed by atoms with Gasteiger partial charge in [-0.05, 0) is 19.1 Å². The molecule has 0 fully saturated rings. The maximum Gasteiger partial charge on any atom is 0.251 e. The van der Waals surface area contributed by atoms with Crippen LogP contribution in [0, 0.1) is 11.3 Å². The molecule has 0 aliphatic heterocycles. The lowest BCUT2D eigenvalue weighted by Gasteiger charge is -2.11. The molecule has 25 heavy (non-hydrogen) atoms. The lowest BCUT2D eigenvalue weighted by Crippen LogP contribution is -2.34. The van der Waals surface area contributed by atoms with Crippen molar-refractivity contribution in [2.45, 2.75) is 19.4 Å². The highest BCUT2D eigenvalue weighted by Gasteiger charge is 2.15. The molecule has 124 valence electrons. The van der Waals surface area contributed by atoms with Gasteiger partial charge in [0, 0.05) is 29.8 Å². The summed E-state index contributed by atoms with van der Waals surface area (Å²) in [7, 11) is 0. The number of nitrogens with zero attached hydrogens (tertiary/aromatic N) is 4. The molecule has 1 aromatic carbocycles. The molecule has 0 aliphatic carbocycles. The van der Waals surface area contributed by atoms with Gasteiger partial charge in [0.05, 0.1) is 0 Å². The van der Waals surface area contributed by atoms with Crippen molar-refractivity contribution in [3.8, 4) is 17.5 Å². The summed E-state index contributed by atoms with van der Waals surface area (Å²) in [4.78, 5) is 20.4. The van der Waals surface area contributed by atoms with E-state index in [2.05, 4.69) is 20.4 Å². The zero-order valence-electron chi connectivity index (χ0n) is 13.5. The van der Waals surface area contributed by atoms with Crippen LogP contribution < -0.4 is 5.32 Å². The molecule has 2 heterocycles. The molecular formula is C18H15N5O2. The van der Waals surface area contributed by atoms with E-state index in [0.29, 0.717) is 23.7 Å². The van der Waals surface area contributed by atoms with Crippen LogP contribution in [0.15, 0.2) is 53.2 Å². The first kappa shape index (κ1) is 16.3. The van der Waals surface area contributed by atoms with E-state index in [1.165, 1.54) is 12.3 Å². The van der Waals surface area contributed by atoms with E-state index in [0.717, 1.165) is 5.56 Å². The molecule has 7 nitrogen and oxygen atoms in total. The third kappa shape index (κ3) is 4.06. The van der Waals surface area contributed by atoms with Crippen LogP contribution >= 0.6 is 0 Å². The van der Waals surface area contributed by atoms with Crippen molar-refractivity contribution in [3.63, 3.8) is 0 Å². The maximum absolute atomic E-state index is 12.2. The Labute approximate surface area is 144 Å². The van der Waals surface area contributed by atoms with Gasteiger partial charge in [-0.25, -0.2) is 4.98 Å². The van der Waals surface area contributed by atoms with Crippen molar-refractivity contribution in [2.24, 2.45) is 0 Å². The van der Waals surface area contributed by atoms with Gasteiger partial charge in [-0.3, -0.25) is 4.79 Å². The van der Waals surface area contributed by atoms with Gasteiger partial charge in [0.1, 0.15) is 11.8 Å². The van der Waals surface area contributed by atoms with E-state index < -0.39 is 0 Å². The predicted octanol–water partition coefficient (Wildman–Crippen LogP) is 2.36. The molecule has 2 aromatic heterocycles. The first-order valence-electron chi connectivity index (χ1n) is 7.70. The largest absolute Gasteiger partial charge is 0.349 e. The van der Waals surface area contributed by atoms with E-state index in [1.54, 1.807) is 6.07 Å². The average Bonchev–Trinajstić information content (AvgIpc) is 3.10. The molecule has 7 heteroatoms. The number of carbonyl (C=O) groups is 1. The van der Waals surface area contributed by atoms with Gasteiger partial charge < -0.3 is 9.84 Å². The molecule has 0 spiro atoms. The predicted molar refractivity (Wildman–Crippen MR) is 89.3 cm³/mol. The minimum atomic E-state index is -0.283. The van der Waals surface area contributed by atoms with Gasteiger partial charge in [0.15, 0.2) is 0 Å². The van der Waals surface area contributed by atoms with Gasteiger partial charge in [0.25, 0.3) is 5.91 Å². The topological polar surface area (TPSA) is 105 Å². The second-order valence-corrected chi connectivity index (χ2v) is 5.50. The highest BCUT2D eigenvalue weighted by molar-refractivity contribution is 5.94. The van der Waals surface area contributed by atoms with Crippen molar-refractivity contribution < 1.29 is 9.32 Å². The lowest BCUT2D eigenvalue weighted by atomic mass is 10.2. The molecule has 0 radical (unpaired) electrons. The molecule has 1 N–H and O–H groups in total. The number of hydrogen-bond acceptors (Lipinski definition) is 6. The smallest absolute Gasteiger partial charge is 0.251 e. The fourth-order valence-corrected chi connectivity index (χ4v) is 2.30. The summed E-state index contributed by atoms with van der Waals surface area (Å²) < 4.78 is 5.25. The molecule has 0 saturated carbocycles. The van der Waals surface area contributed by atoms with E-state index in [4.69, 9.17) is 9.78 Å². The van der Waals surface area contributed by atoms with Gasteiger partial charge in [-0.1, -0.05) is 35.5 Å². The summed E-state index contributed by atoms with van der Waals surface area (Å²) in [5.74, 6) is 0.676. The Kier molecular flexibility index (Phi) is 4.81.